The Bertz CT molecular complexity index is 865. The van der Waals surface area contributed by atoms with Crippen molar-refractivity contribution in [2.45, 2.75) is 18.4 Å². The number of fused-ring (bicyclic) bond motifs is 1. The van der Waals surface area contributed by atoms with Gasteiger partial charge in [-0.2, -0.15) is 9.61 Å². The number of carbonyl (C=O) groups is 1. The van der Waals surface area contributed by atoms with E-state index in [1.165, 1.54) is 11.8 Å². The van der Waals surface area contributed by atoms with Crippen molar-refractivity contribution in [1.82, 2.24) is 19.8 Å². The number of hydrogen-bond acceptors (Lipinski definition) is 6. The largest absolute Gasteiger partial charge is 0.497 e. The number of ether oxygens (including phenoxy) is 1. The first-order valence-electron chi connectivity index (χ1n) is 7.47. The van der Waals surface area contributed by atoms with E-state index >= 15 is 0 Å². The first-order chi connectivity index (χ1) is 11.7. The van der Waals surface area contributed by atoms with E-state index in [1.54, 1.807) is 17.7 Å². The average molecular weight is 343 g/mol. The van der Waals surface area contributed by atoms with Crippen LogP contribution in [0, 0.1) is 0 Å². The zero-order valence-electron chi connectivity index (χ0n) is 13.4. The number of carbonyl (C=O) groups excluding carboxylic acids is 1. The number of hydrogen-bond donors (Lipinski definition) is 1. The summed E-state index contributed by atoms with van der Waals surface area (Å²) in [6, 6.07) is 10.9. The van der Waals surface area contributed by atoms with Crippen molar-refractivity contribution in [3.63, 3.8) is 0 Å². The van der Waals surface area contributed by atoms with E-state index in [1.807, 2.05) is 37.3 Å². The number of nitrogens with one attached hydrogen (secondary N) is 1. The molecule has 2 aromatic heterocycles. The van der Waals surface area contributed by atoms with Crippen LogP contribution in [-0.2, 0) is 11.2 Å². The monoisotopic (exact) mass is 343 g/mol. The Morgan fingerprint density at radius 1 is 1.29 bits per heavy atom. The molecule has 0 atom stereocenters. The van der Waals surface area contributed by atoms with Crippen LogP contribution < -0.4 is 10.1 Å². The summed E-state index contributed by atoms with van der Waals surface area (Å²) in [7, 11) is 1.59. The van der Waals surface area contributed by atoms with Gasteiger partial charge in [0.1, 0.15) is 10.8 Å². The van der Waals surface area contributed by atoms with Gasteiger partial charge in [-0.3, -0.25) is 4.79 Å². The highest BCUT2D eigenvalue weighted by atomic mass is 32.2. The van der Waals surface area contributed by atoms with Crippen LogP contribution in [0.4, 0.5) is 5.69 Å². The predicted octanol–water partition coefficient (Wildman–Crippen LogP) is 2.43. The molecule has 1 N–H and O–H groups in total. The number of aromatic nitrogens is 4. The summed E-state index contributed by atoms with van der Waals surface area (Å²) in [4.78, 5) is 12.1. The highest BCUT2D eigenvalue weighted by Crippen LogP contribution is 2.19. The van der Waals surface area contributed by atoms with Gasteiger partial charge >= 0.3 is 0 Å². The van der Waals surface area contributed by atoms with Crippen molar-refractivity contribution in [3.05, 3.63) is 42.2 Å². The van der Waals surface area contributed by atoms with E-state index in [2.05, 4.69) is 20.6 Å². The molecule has 24 heavy (non-hydrogen) atoms. The topological polar surface area (TPSA) is 81.4 Å². The number of amides is 1. The SMILES string of the molecule is CCc1nnc2ccc(SCC(=O)Nc3cccc(OC)c3)nn12. The number of nitrogens with zero attached hydrogens (tertiary/aromatic N) is 4. The summed E-state index contributed by atoms with van der Waals surface area (Å²) in [5.74, 6) is 1.66. The maximum absolute atomic E-state index is 12.1. The Kier molecular flexibility index (Phi) is 4.95. The number of benzene rings is 1. The van der Waals surface area contributed by atoms with E-state index in [4.69, 9.17) is 4.74 Å². The molecule has 0 aliphatic heterocycles. The van der Waals surface area contributed by atoms with Crippen molar-refractivity contribution < 1.29 is 9.53 Å². The Morgan fingerprint density at radius 3 is 2.96 bits per heavy atom. The minimum absolute atomic E-state index is 0.102. The van der Waals surface area contributed by atoms with Crippen LogP contribution in [0.5, 0.6) is 5.75 Å². The van der Waals surface area contributed by atoms with Crippen LogP contribution in [0.15, 0.2) is 41.4 Å². The minimum Gasteiger partial charge on any atom is -0.497 e. The molecule has 7 nitrogen and oxygen atoms in total. The number of thioether (sulfide) groups is 1. The summed E-state index contributed by atoms with van der Waals surface area (Å²) in [5, 5.41) is 16.2. The lowest BCUT2D eigenvalue weighted by Crippen LogP contribution is -2.14. The van der Waals surface area contributed by atoms with Crippen LogP contribution in [0.2, 0.25) is 0 Å². The van der Waals surface area contributed by atoms with E-state index in [9.17, 15) is 4.79 Å². The van der Waals surface area contributed by atoms with Gasteiger partial charge in [0.25, 0.3) is 0 Å². The Labute approximate surface area is 143 Å². The summed E-state index contributed by atoms with van der Waals surface area (Å²) < 4.78 is 6.85. The zero-order chi connectivity index (χ0) is 16.9. The van der Waals surface area contributed by atoms with Gasteiger partial charge in [-0.1, -0.05) is 24.8 Å². The van der Waals surface area contributed by atoms with Crippen LogP contribution in [0.3, 0.4) is 0 Å². The lowest BCUT2D eigenvalue weighted by Gasteiger charge is -2.07. The second-order valence-electron chi connectivity index (χ2n) is 4.98. The smallest absolute Gasteiger partial charge is 0.234 e. The highest BCUT2D eigenvalue weighted by molar-refractivity contribution is 7.99. The molecule has 2 heterocycles. The quantitative estimate of drug-likeness (QED) is 0.692. The zero-order valence-corrected chi connectivity index (χ0v) is 14.2. The number of rotatable bonds is 6. The molecular formula is C16H17N5O2S. The number of anilines is 1. The van der Waals surface area contributed by atoms with Gasteiger partial charge in [0.15, 0.2) is 11.5 Å². The van der Waals surface area contributed by atoms with Gasteiger partial charge in [-0.25, -0.2) is 0 Å². The van der Waals surface area contributed by atoms with Crippen LogP contribution in [-0.4, -0.2) is 38.6 Å². The molecule has 0 saturated carbocycles. The molecule has 0 aliphatic rings. The lowest BCUT2D eigenvalue weighted by molar-refractivity contribution is -0.113. The van der Waals surface area contributed by atoms with E-state index < -0.39 is 0 Å². The summed E-state index contributed by atoms with van der Waals surface area (Å²) in [5.41, 5.74) is 1.41. The van der Waals surface area contributed by atoms with Crippen LogP contribution in [0.1, 0.15) is 12.7 Å². The van der Waals surface area contributed by atoms with E-state index in [0.717, 1.165) is 17.3 Å². The van der Waals surface area contributed by atoms with Gasteiger partial charge < -0.3 is 10.1 Å². The Hall–Kier alpha value is -2.61. The van der Waals surface area contributed by atoms with Crippen molar-refractivity contribution in [3.8, 4) is 5.75 Å². The second kappa shape index (κ2) is 7.31. The molecule has 0 unspecified atom stereocenters. The highest BCUT2D eigenvalue weighted by Gasteiger charge is 2.09. The molecular weight excluding hydrogens is 326 g/mol. The Balaban J connectivity index is 1.63. The van der Waals surface area contributed by atoms with Gasteiger partial charge in [-0.05, 0) is 24.3 Å². The molecule has 3 rings (SSSR count). The molecule has 0 bridgehead atoms. The molecule has 1 aromatic carbocycles. The third-order valence-corrected chi connectivity index (χ3v) is 4.24. The lowest BCUT2D eigenvalue weighted by atomic mass is 10.3. The molecule has 1 amide bonds. The van der Waals surface area contributed by atoms with Crippen LogP contribution in [0.25, 0.3) is 5.65 Å². The third-order valence-electron chi connectivity index (χ3n) is 3.32. The molecule has 8 heteroatoms. The molecule has 0 saturated heterocycles. The fraction of sp³-hybridized carbons (Fsp3) is 0.250. The first-order valence-corrected chi connectivity index (χ1v) is 8.46. The minimum atomic E-state index is -0.102. The molecule has 3 aromatic rings. The van der Waals surface area contributed by atoms with E-state index in [-0.39, 0.29) is 11.7 Å². The standard InChI is InChI=1S/C16H17N5O2S/c1-3-13-18-19-14-7-8-16(20-21(13)14)24-10-15(22)17-11-5-4-6-12(9-11)23-2/h4-9H,3,10H2,1-2H3,(H,17,22). The fourth-order valence-corrected chi connectivity index (χ4v) is 2.81. The fourth-order valence-electron chi connectivity index (χ4n) is 2.15. The molecule has 124 valence electrons. The van der Waals surface area contributed by atoms with Gasteiger partial charge in [0.2, 0.25) is 5.91 Å². The maximum Gasteiger partial charge on any atom is 0.234 e. The first kappa shape index (κ1) is 16.3. The number of aryl methyl sites for hydroxylation is 1. The average Bonchev–Trinajstić information content (AvgIpc) is 3.02. The van der Waals surface area contributed by atoms with E-state index in [0.29, 0.717) is 17.1 Å². The van der Waals surface area contributed by atoms with Crippen molar-refractivity contribution in [2.75, 3.05) is 18.2 Å². The maximum atomic E-state index is 12.1. The molecule has 0 spiro atoms. The molecule has 0 aliphatic carbocycles. The van der Waals surface area contributed by atoms with Crippen LogP contribution >= 0.6 is 11.8 Å². The van der Waals surface area contributed by atoms with Gasteiger partial charge in [-0.15, -0.1) is 10.2 Å². The second-order valence-corrected chi connectivity index (χ2v) is 5.98. The summed E-state index contributed by atoms with van der Waals surface area (Å²) in [6.07, 6.45) is 0.749. The summed E-state index contributed by atoms with van der Waals surface area (Å²) >= 11 is 1.36. The van der Waals surface area contributed by atoms with Crippen molar-refractivity contribution in [2.24, 2.45) is 0 Å². The Morgan fingerprint density at radius 2 is 2.17 bits per heavy atom. The van der Waals surface area contributed by atoms with Gasteiger partial charge in [0, 0.05) is 18.2 Å². The third kappa shape index (κ3) is 3.65. The predicted molar refractivity (Wildman–Crippen MR) is 92.5 cm³/mol. The number of methoxy groups -OCH3 is 1. The normalized spacial score (nSPS) is 10.8. The van der Waals surface area contributed by atoms with Crippen molar-refractivity contribution in [1.29, 1.82) is 0 Å². The van der Waals surface area contributed by atoms with Crippen molar-refractivity contribution >= 4 is 29.0 Å². The molecule has 0 radical (unpaired) electrons. The molecule has 0 fully saturated rings. The van der Waals surface area contributed by atoms with Gasteiger partial charge in [0.05, 0.1) is 12.9 Å². The summed E-state index contributed by atoms with van der Waals surface area (Å²) in [6.45, 7) is 2.00.